The van der Waals surface area contributed by atoms with Gasteiger partial charge in [0.15, 0.2) is 0 Å². The van der Waals surface area contributed by atoms with Crippen molar-refractivity contribution >= 4 is 12.2 Å². The molecular formula is C32H29N. The number of benzene rings is 4. The van der Waals surface area contributed by atoms with Crippen LogP contribution in [0.4, 0.5) is 0 Å². The van der Waals surface area contributed by atoms with Gasteiger partial charge in [0.1, 0.15) is 0 Å². The summed E-state index contributed by atoms with van der Waals surface area (Å²) < 4.78 is 0. The first-order chi connectivity index (χ1) is 16.2. The Kier molecular flexibility index (Phi) is 7.52. The van der Waals surface area contributed by atoms with Crippen LogP contribution in [0.5, 0.6) is 0 Å². The van der Waals surface area contributed by atoms with Crippen molar-refractivity contribution < 1.29 is 0 Å². The zero-order chi connectivity index (χ0) is 22.9. The lowest BCUT2D eigenvalue weighted by atomic mass is 9.93. The molecule has 4 aromatic carbocycles. The van der Waals surface area contributed by atoms with Crippen LogP contribution in [-0.2, 0) is 19.3 Å². The summed E-state index contributed by atoms with van der Waals surface area (Å²) in [6.45, 7) is 2.30. The van der Waals surface area contributed by atoms with Gasteiger partial charge >= 0.3 is 0 Å². The maximum Gasteiger partial charge on any atom is 0.0991 e. The largest absolute Gasteiger partial charge is 0.192 e. The van der Waals surface area contributed by atoms with Crippen molar-refractivity contribution in [2.45, 2.75) is 32.1 Å². The van der Waals surface area contributed by atoms with E-state index in [9.17, 15) is 0 Å². The van der Waals surface area contributed by atoms with Crippen LogP contribution in [-0.4, -0.2) is 0 Å². The Hall–Kier alpha value is -3.89. The summed E-state index contributed by atoms with van der Waals surface area (Å²) in [6.07, 6.45) is 7.35. The van der Waals surface area contributed by atoms with E-state index in [0.29, 0.717) is 11.5 Å². The molecule has 1 nitrogen and oxygen atoms in total. The van der Waals surface area contributed by atoms with Gasteiger partial charge in [-0.1, -0.05) is 110 Å². The van der Waals surface area contributed by atoms with Gasteiger partial charge < -0.3 is 0 Å². The number of hydrogen-bond acceptors (Lipinski definition) is 1. The Morgan fingerprint density at radius 1 is 0.636 bits per heavy atom. The molecule has 33 heavy (non-hydrogen) atoms. The monoisotopic (exact) mass is 427 g/mol. The zero-order valence-electron chi connectivity index (χ0n) is 19.1. The third-order valence-electron chi connectivity index (χ3n) is 6.12. The lowest BCUT2D eigenvalue weighted by molar-refractivity contribution is 0.758. The van der Waals surface area contributed by atoms with Gasteiger partial charge in [0.2, 0.25) is 0 Å². The molecule has 4 rings (SSSR count). The van der Waals surface area contributed by atoms with E-state index in [0.717, 1.165) is 24.8 Å². The fourth-order valence-electron chi connectivity index (χ4n) is 4.04. The van der Waals surface area contributed by atoms with Crippen LogP contribution in [0.3, 0.4) is 0 Å². The Balaban J connectivity index is 1.28. The van der Waals surface area contributed by atoms with Crippen molar-refractivity contribution in [1.82, 2.24) is 0 Å². The third-order valence-corrected chi connectivity index (χ3v) is 6.12. The summed E-state index contributed by atoms with van der Waals surface area (Å²) in [7, 11) is 0. The first-order valence-corrected chi connectivity index (χ1v) is 11.6. The molecule has 162 valence electrons. The number of nitrogens with zero attached hydrogens (tertiary/aromatic N) is 1. The Bertz CT molecular complexity index is 1210. The van der Waals surface area contributed by atoms with Crippen molar-refractivity contribution in [3.63, 3.8) is 0 Å². The van der Waals surface area contributed by atoms with E-state index < -0.39 is 0 Å². The second-order valence-corrected chi connectivity index (χ2v) is 8.64. The first-order valence-electron chi connectivity index (χ1n) is 11.6. The van der Waals surface area contributed by atoms with Crippen LogP contribution in [0.15, 0.2) is 103 Å². The van der Waals surface area contributed by atoms with Crippen LogP contribution >= 0.6 is 0 Å². The molecule has 0 amide bonds. The van der Waals surface area contributed by atoms with Gasteiger partial charge in [-0.25, -0.2) is 0 Å². The van der Waals surface area contributed by atoms with E-state index in [1.807, 2.05) is 24.3 Å². The smallest absolute Gasteiger partial charge is 0.0991 e. The molecule has 0 spiro atoms. The van der Waals surface area contributed by atoms with E-state index in [1.54, 1.807) is 0 Å². The molecule has 0 saturated carbocycles. The topological polar surface area (TPSA) is 23.8 Å². The van der Waals surface area contributed by atoms with Gasteiger partial charge in [0.25, 0.3) is 0 Å². The molecule has 0 N–H and O–H groups in total. The normalized spacial score (nSPS) is 11.9. The lowest BCUT2D eigenvalue weighted by Crippen LogP contribution is -1.99. The zero-order valence-corrected chi connectivity index (χ0v) is 19.1. The maximum absolute atomic E-state index is 8.89. The van der Waals surface area contributed by atoms with Crippen LogP contribution in [0, 0.1) is 11.3 Å². The second-order valence-electron chi connectivity index (χ2n) is 8.64. The summed E-state index contributed by atoms with van der Waals surface area (Å²) in [6, 6.07) is 38.4. The molecule has 0 bridgehead atoms. The van der Waals surface area contributed by atoms with Gasteiger partial charge in [0.05, 0.1) is 11.6 Å². The summed E-state index contributed by atoms with van der Waals surface area (Å²) in [5.41, 5.74) is 8.50. The molecule has 0 unspecified atom stereocenters. The SMILES string of the molecule is C[C@@H](Cc1ccc(CCc2ccc(C=Cc3ccc(C#N)cc3)cc2)cc1)c1ccccc1. The molecule has 0 heterocycles. The predicted molar refractivity (Wildman–Crippen MR) is 139 cm³/mol. The first kappa shape index (κ1) is 22.3. The van der Waals surface area contributed by atoms with Crippen LogP contribution in [0.1, 0.15) is 51.8 Å². The highest BCUT2D eigenvalue weighted by Crippen LogP contribution is 2.21. The molecule has 0 aliphatic rings. The fourth-order valence-corrected chi connectivity index (χ4v) is 4.04. The highest BCUT2D eigenvalue weighted by atomic mass is 14.2. The van der Waals surface area contributed by atoms with Crippen molar-refractivity contribution in [3.8, 4) is 6.07 Å². The average molecular weight is 428 g/mol. The van der Waals surface area contributed by atoms with Crippen LogP contribution in [0.2, 0.25) is 0 Å². The van der Waals surface area contributed by atoms with Gasteiger partial charge in [-0.05, 0) is 70.7 Å². The van der Waals surface area contributed by atoms with E-state index in [1.165, 1.54) is 27.8 Å². The fraction of sp³-hybridized carbons (Fsp3) is 0.156. The van der Waals surface area contributed by atoms with Crippen molar-refractivity contribution in [1.29, 1.82) is 5.26 Å². The summed E-state index contributed by atoms with van der Waals surface area (Å²) >= 11 is 0. The minimum absolute atomic E-state index is 0.529. The highest BCUT2D eigenvalue weighted by molar-refractivity contribution is 5.69. The maximum atomic E-state index is 8.89. The number of aryl methyl sites for hydroxylation is 2. The predicted octanol–water partition coefficient (Wildman–Crippen LogP) is 7.86. The molecule has 0 aromatic heterocycles. The number of hydrogen-bond donors (Lipinski definition) is 0. The van der Waals surface area contributed by atoms with Gasteiger partial charge in [-0.15, -0.1) is 0 Å². The highest BCUT2D eigenvalue weighted by Gasteiger charge is 2.06. The van der Waals surface area contributed by atoms with E-state index >= 15 is 0 Å². The summed E-state index contributed by atoms with van der Waals surface area (Å²) in [5, 5.41) is 8.89. The molecule has 1 heteroatoms. The van der Waals surface area contributed by atoms with Crippen molar-refractivity contribution in [2.75, 3.05) is 0 Å². The Morgan fingerprint density at radius 3 is 1.67 bits per heavy atom. The Morgan fingerprint density at radius 2 is 1.12 bits per heavy atom. The summed E-state index contributed by atoms with van der Waals surface area (Å²) in [4.78, 5) is 0. The third kappa shape index (κ3) is 6.55. The lowest BCUT2D eigenvalue weighted by Gasteiger charge is -2.12. The van der Waals surface area contributed by atoms with E-state index in [4.69, 9.17) is 5.26 Å². The van der Waals surface area contributed by atoms with Gasteiger partial charge in [-0.3, -0.25) is 0 Å². The van der Waals surface area contributed by atoms with E-state index in [-0.39, 0.29) is 0 Å². The molecule has 0 aliphatic carbocycles. The second kappa shape index (κ2) is 11.1. The molecule has 1 atom stereocenters. The van der Waals surface area contributed by atoms with Crippen molar-refractivity contribution in [2.24, 2.45) is 0 Å². The summed E-state index contributed by atoms with van der Waals surface area (Å²) in [5.74, 6) is 0.529. The molecule has 0 saturated heterocycles. The van der Waals surface area contributed by atoms with Crippen LogP contribution < -0.4 is 0 Å². The van der Waals surface area contributed by atoms with Crippen LogP contribution in [0.25, 0.3) is 12.2 Å². The molecule has 0 fully saturated rings. The van der Waals surface area contributed by atoms with Gasteiger partial charge in [-0.2, -0.15) is 5.26 Å². The number of rotatable bonds is 8. The number of nitriles is 1. The van der Waals surface area contributed by atoms with Crippen molar-refractivity contribution in [3.05, 3.63) is 142 Å². The molecule has 4 aromatic rings. The molecular weight excluding hydrogens is 398 g/mol. The van der Waals surface area contributed by atoms with Gasteiger partial charge in [0, 0.05) is 0 Å². The minimum Gasteiger partial charge on any atom is -0.192 e. The molecule has 0 radical (unpaired) electrons. The van der Waals surface area contributed by atoms with E-state index in [2.05, 4.69) is 104 Å². The average Bonchev–Trinajstić information content (AvgIpc) is 2.88. The Labute approximate surface area is 197 Å². The minimum atomic E-state index is 0.529. The molecule has 0 aliphatic heterocycles. The standard InChI is InChI=1S/C32H29N/c1-25(32-5-3-2-4-6-32)23-30-19-15-28(16-20-30)13-11-26-7-9-27(10-8-26)12-14-29-17-21-31(24-33)22-18-29/h2-10,12,14-22,25H,11,13,23H2,1H3/t25-/m0/s1. The quantitative estimate of drug-likeness (QED) is 0.263.